The molecule has 0 spiro atoms. The van der Waals surface area contributed by atoms with Crippen molar-refractivity contribution in [1.82, 2.24) is 9.80 Å². The van der Waals surface area contributed by atoms with E-state index in [1.165, 1.54) is 24.9 Å². The number of thioether (sulfide) groups is 1. The Hall–Kier alpha value is -1.99. The van der Waals surface area contributed by atoms with E-state index in [0.717, 1.165) is 10.5 Å². The van der Waals surface area contributed by atoms with E-state index in [9.17, 15) is 14.4 Å². The highest BCUT2D eigenvalue weighted by Crippen LogP contribution is 2.29. The van der Waals surface area contributed by atoms with Crippen LogP contribution in [0.3, 0.4) is 0 Å². The molecule has 8 heteroatoms. The van der Waals surface area contributed by atoms with Gasteiger partial charge in [-0.25, -0.2) is 0 Å². The monoisotopic (exact) mass is 410 g/mol. The molecule has 1 aliphatic heterocycles. The summed E-state index contributed by atoms with van der Waals surface area (Å²) in [6, 6.07) is 5.55. The van der Waals surface area contributed by atoms with Crippen LogP contribution in [0.15, 0.2) is 29.2 Å². The maximum atomic E-state index is 12.3. The van der Waals surface area contributed by atoms with Gasteiger partial charge in [-0.1, -0.05) is 17.7 Å². The second-order valence-corrected chi connectivity index (χ2v) is 7.57. The van der Waals surface area contributed by atoms with Crippen molar-refractivity contribution < 1.29 is 19.1 Å². The normalized spacial score (nSPS) is 14.5. The first kappa shape index (κ1) is 21.3. The van der Waals surface area contributed by atoms with Crippen LogP contribution in [-0.2, 0) is 19.1 Å². The number of benzene rings is 1. The Morgan fingerprint density at radius 2 is 1.85 bits per heavy atom. The zero-order chi connectivity index (χ0) is 19.8. The number of piperazine rings is 1. The molecule has 1 saturated heterocycles. The maximum absolute atomic E-state index is 12.3. The lowest BCUT2D eigenvalue weighted by atomic mass is 10.2. The zero-order valence-electron chi connectivity index (χ0n) is 15.4. The summed E-state index contributed by atoms with van der Waals surface area (Å²) in [5.41, 5.74) is 0.827. The van der Waals surface area contributed by atoms with Gasteiger partial charge >= 0.3 is 5.97 Å². The average molecular weight is 411 g/mol. The molecular formula is C19H23ClN2O4S. The lowest BCUT2D eigenvalue weighted by molar-refractivity contribution is -0.140. The van der Waals surface area contributed by atoms with Crippen molar-refractivity contribution in [2.45, 2.75) is 18.2 Å². The van der Waals surface area contributed by atoms with E-state index < -0.39 is 0 Å². The van der Waals surface area contributed by atoms with Crippen molar-refractivity contribution in [1.29, 1.82) is 0 Å². The number of rotatable bonds is 6. The molecule has 0 bridgehead atoms. The van der Waals surface area contributed by atoms with Crippen LogP contribution in [0.5, 0.6) is 0 Å². The molecule has 146 valence electrons. The third kappa shape index (κ3) is 6.59. The molecule has 27 heavy (non-hydrogen) atoms. The van der Waals surface area contributed by atoms with E-state index in [0.29, 0.717) is 43.4 Å². The molecule has 1 aliphatic rings. The van der Waals surface area contributed by atoms with Crippen LogP contribution in [0, 0.1) is 0 Å². The standard InChI is InChI=1S/C19H23ClN2O4S/c1-14(23)21-8-10-22(11-9-21)18(24)6-4-15-3-5-17(16(20)13-15)27-12-7-19(25)26-2/h3-6,13H,7-12H2,1-2H3/b6-4+. The number of nitrogens with zero attached hydrogens (tertiary/aromatic N) is 2. The molecule has 0 unspecified atom stereocenters. The van der Waals surface area contributed by atoms with Gasteiger partial charge in [-0.05, 0) is 23.8 Å². The predicted octanol–water partition coefficient (Wildman–Crippen LogP) is 2.70. The first-order valence-electron chi connectivity index (χ1n) is 8.62. The van der Waals surface area contributed by atoms with Crippen molar-refractivity contribution >= 4 is 47.2 Å². The van der Waals surface area contributed by atoms with Crippen LogP contribution in [0.25, 0.3) is 6.08 Å². The Bertz CT molecular complexity index is 730. The summed E-state index contributed by atoms with van der Waals surface area (Å²) >= 11 is 7.77. The molecule has 6 nitrogen and oxygen atoms in total. The molecule has 2 rings (SSSR count). The largest absolute Gasteiger partial charge is 0.469 e. The summed E-state index contributed by atoms with van der Waals surface area (Å²) in [5.74, 6) is 0.301. The second kappa shape index (κ2) is 10.4. The van der Waals surface area contributed by atoms with Crippen molar-refractivity contribution in [3.05, 3.63) is 34.9 Å². The third-order valence-corrected chi connectivity index (χ3v) is 5.70. The summed E-state index contributed by atoms with van der Waals surface area (Å²) in [5, 5.41) is 0.578. The first-order valence-corrected chi connectivity index (χ1v) is 9.98. The lowest BCUT2D eigenvalue weighted by Crippen LogP contribution is -2.49. The van der Waals surface area contributed by atoms with Gasteiger partial charge in [0.15, 0.2) is 0 Å². The predicted molar refractivity (Wildman–Crippen MR) is 107 cm³/mol. The molecule has 0 N–H and O–H groups in total. The van der Waals surface area contributed by atoms with Gasteiger partial charge < -0.3 is 14.5 Å². The molecule has 1 fully saturated rings. The van der Waals surface area contributed by atoms with Crippen LogP contribution in [0.2, 0.25) is 5.02 Å². The smallest absolute Gasteiger partial charge is 0.306 e. The minimum absolute atomic E-state index is 0.0387. The minimum atomic E-state index is -0.249. The van der Waals surface area contributed by atoms with Crippen molar-refractivity contribution in [2.24, 2.45) is 0 Å². The fourth-order valence-electron chi connectivity index (χ4n) is 2.60. The summed E-state index contributed by atoms with van der Waals surface area (Å²) in [7, 11) is 1.37. The number of carbonyl (C=O) groups excluding carboxylic acids is 3. The van der Waals surface area contributed by atoms with Crippen LogP contribution < -0.4 is 0 Å². The van der Waals surface area contributed by atoms with Gasteiger partial charge in [0.25, 0.3) is 0 Å². The van der Waals surface area contributed by atoms with Gasteiger partial charge in [-0.15, -0.1) is 11.8 Å². The topological polar surface area (TPSA) is 66.9 Å². The molecule has 0 aliphatic carbocycles. The highest BCUT2D eigenvalue weighted by Gasteiger charge is 2.20. The number of hydrogen-bond acceptors (Lipinski definition) is 5. The number of methoxy groups -OCH3 is 1. The highest BCUT2D eigenvalue weighted by molar-refractivity contribution is 7.99. The number of amides is 2. The van der Waals surface area contributed by atoms with E-state index in [2.05, 4.69) is 4.74 Å². The Morgan fingerprint density at radius 1 is 1.19 bits per heavy atom. The van der Waals surface area contributed by atoms with Crippen LogP contribution in [0.4, 0.5) is 0 Å². The Balaban J connectivity index is 1.87. The van der Waals surface area contributed by atoms with Crippen LogP contribution in [-0.4, -0.2) is 66.6 Å². The van der Waals surface area contributed by atoms with E-state index in [1.807, 2.05) is 12.1 Å². The molecule has 0 radical (unpaired) electrons. The van der Waals surface area contributed by atoms with Crippen LogP contribution in [0.1, 0.15) is 18.9 Å². The van der Waals surface area contributed by atoms with Crippen molar-refractivity contribution in [3.63, 3.8) is 0 Å². The van der Waals surface area contributed by atoms with Gasteiger partial charge in [0.1, 0.15) is 0 Å². The number of ether oxygens (including phenoxy) is 1. The van der Waals surface area contributed by atoms with E-state index >= 15 is 0 Å². The van der Waals surface area contributed by atoms with Gasteiger partial charge in [-0.2, -0.15) is 0 Å². The van der Waals surface area contributed by atoms with Gasteiger partial charge in [0.05, 0.1) is 18.6 Å². The second-order valence-electron chi connectivity index (χ2n) is 6.03. The molecule has 1 aromatic carbocycles. The van der Waals surface area contributed by atoms with Gasteiger partial charge in [-0.3, -0.25) is 14.4 Å². The molecular weight excluding hydrogens is 388 g/mol. The van der Waals surface area contributed by atoms with Crippen LogP contribution >= 0.6 is 23.4 Å². The summed E-state index contributed by atoms with van der Waals surface area (Å²) in [6.07, 6.45) is 3.58. The molecule has 0 aromatic heterocycles. The zero-order valence-corrected chi connectivity index (χ0v) is 17.0. The SMILES string of the molecule is COC(=O)CCSc1ccc(/C=C/C(=O)N2CCN(C(C)=O)CC2)cc1Cl. The number of esters is 1. The Labute approximate surface area is 168 Å². The quantitative estimate of drug-likeness (QED) is 0.410. The highest BCUT2D eigenvalue weighted by atomic mass is 35.5. The summed E-state index contributed by atoms with van der Waals surface area (Å²) < 4.78 is 4.61. The molecule has 1 heterocycles. The Kier molecular flexibility index (Phi) is 8.19. The number of hydrogen-bond donors (Lipinski definition) is 0. The van der Waals surface area contributed by atoms with E-state index in [4.69, 9.17) is 11.6 Å². The summed E-state index contributed by atoms with van der Waals surface area (Å²) in [4.78, 5) is 39.1. The molecule has 0 atom stereocenters. The molecule has 1 aromatic rings. The van der Waals surface area contributed by atoms with Gasteiger partial charge in [0, 0.05) is 49.8 Å². The summed E-state index contributed by atoms with van der Waals surface area (Å²) in [6.45, 7) is 3.76. The lowest BCUT2D eigenvalue weighted by Gasteiger charge is -2.33. The molecule has 0 saturated carbocycles. The number of carbonyl (C=O) groups is 3. The van der Waals surface area contributed by atoms with Crippen molar-refractivity contribution in [2.75, 3.05) is 39.0 Å². The third-order valence-electron chi connectivity index (χ3n) is 4.20. The maximum Gasteiger partial charge on any atom is 0.306 e. The molecule has 2 amide bonds. The average Bonchev–Trinajstić information content (AvgIpc) is 2.67. The fourth-order valence-corrected chi connectivity index (χ4v) is 3.80. The van der Waals surface area contributed by atoms with Gasteiger partial charge in [0.2, 0.25) is 11.8 Å². The minimum Gasteiger partial charge on any atom is -0.469 e. The van der Waals surface area contributed by atoms with Crippen molar-refractivity contribution in [3.8, 4) is 0 Å². The van der Waals surface area contributed by atoms with E-state index in [1.54, 1.807) is 28.9 Å². The fraction of sp³-hybridized carbons (Fsp3) is 0.421. The first-order chi connectivity index (χ1) is 12.9. The number of halogens is 1. The Morgan fingerprint density at radius 3 is 2.44 bits per heavy atom. The van der Waals surface area contributed by atoms with E-state index in [-0.39, 0.29) is 17.8 Å².